The fourth-order valence-electron chi connectivity index (χ4n) is 1.82. The number of hydrogen-bond acceptors (Lipinski definition) is 4. The van der Waals surface area contributed by atoms with E-state index in [-0.39, 0.29) is 11.9 Å². The lowest BCUT2D eigenvalue weighted by molar-refractivity contribution is -0.148. The van der Waals surface area contributed by atoms with Crippen molar-refractivity contribution in [3.8, 4) is 0 Å². The Kier molecular flexibility index (Phi) is 4.40. The normalized spacial score (nSPS) is 34.2. The molecular formula is C10H14Br2O4. The smallest absolute Gasteiger partial charge is 0.322 e. The zero-order valence-corrected chi connectivity index (χ0v) is 12.4. The molecule has 0 unspecified atom stereocenters. The molecule has 1 aliphatic rings. The van der Waals surface area contributed by atoms with Crippen LogP contribution in [-0.2, 0) is 19.1 Å². The number of alkyl halides is 2. The Bertz CT molecular complexity index is 265. The number of carbonyl (C=O) groups excluding carboxylic acids is 2. The highest BCUT2D eigenvalue weighted by molar-refractivity contribution is 9.10. The van der Waals surface area contributed by atoms with Crippen LogP contribution in [0.2, 0.25) is 0 Å². The summed E-state index contributed by atoms with van der Waals surface area (Å²) >= 11 is 6.79. The van der Waals surface area contributed by atoms with Crippen LogP contribution in [0.5, 0.6) is 0 Å². The second-order valence-corrected chi connectivity index (χ2v) is 6.95. The first-order valence-electron chi connectivity index (χ1n) is 4.93. The number of methoxy groups -OCH3 is 2. The monoisotopic (exact) mass is 356 g/mol. The number of esters is 2. The summed E-state index contributed by atoms with van der Waals surface area (Å²) < 4.78 is 8.14. The number of carbonyl (C=O) groups is 2. The van der Waals surface area contributed by atoms with Crippen molar-refractivity contribution in [1.29, 1.82) is 0 Å². The molecule has 6 heteroatoms. The van der Waals surface area contributed by atoms with E-state index in [0.717, 1.165) is 0 Å². The molecule has 0 aliphatic heterocycles. The van der Waals surface area contributed by atoms with Crippen LogP contribution in [0.3, 0.4) is 0 Å². The highest BCUT2D eigenvalue weighted by atomic mass is 79.9. The maximum absolute atomic E-state index is 11.5. The molecule has 0 aromatic heterocycles. The number of ether oxygens (including phenoxy) is 2. The molecule has 1 fully saturated rings. The molecule has 1 rings (SSSR count). The van der Waals surface area contributed by atoms with E-state index < -0.39 is 8.65 Å². The molecule has 0 atom stereocenters. The van der Waals surface area contributed by atoms with Crippen molar-refractivity contribution in [1.82, 2.24) is 0 Å². The summed E-state index contributed by atoms with van der Waals surface area (Å²) in [4.78, 5) is 23.1. The van der Waals surface area contributed by atoms with Gasteiger partial charge in [-0.15, -0.1) is 0 Å². The standard InChI is InChI=1S/C10H14Br2O4/c1-15-7(13)9(11)3-5-10(12,6-4-9)8(14)16-2/h3-6H2,1-2H3. The molecule has 0 amide bonds. The average molecular weight is 358 g/mol. The zero-order chi connectivity index (χ0) is 12.4. The SMILES string of the molecule is COC(=O)C1(Br)CCC(Br)(C(=O)OC)CC1. The average Bonchev–Trinajstić information content (AvgIpc) is 2.31. The maximum atomic E-state index is 11.5. The van der Waals surface area contributed by atoms with Gasteiger partial charge in [0.25, 0.3) is 0 Å². The minimum atomic E-state index is -0.660. The second kappa shape index (κ2) is 5.04. The minimum absolute atomic E-state index is 0.285. The van der Waals surface area contributed by atoms with Gasteiger partial charge in [0.15, 0.2) is 0 Å². The molecule has 0 aromatic carbocycles. The molecule has 0 radical (unpaired) electrons. The highest BCUT2D eigenvalue weighted by Gasteiger charge is 2.49. The van der Waals surface area contributed by atoms with Crippen molar-refractivity contribution < 1.29 is 19.1 Å². The van der Waals surface area contributed by atoms with Crippen LogP contribution in [0.4, 0.5) is 0 Å². The second-order valence-electron chi connectivity index (χ2n) is 3.91. The molecule has 0 aromatic rings. The van der Waals surface area contributed by atoms with Crippen LogP contribution in [-0.4, -0.2) is 34.8 Å². The Labute approximate surface area is 111 Å². The predicted molar refractivity (Wildman–Crippen MR) is 65.8 cm³/mol. The van der Waals surface area contributed by atoms with E-state index in [1.165, 1.54) is 14.2 Å². The zero-order valence-electron chi connectivity index (χ0n) is 9.22. The first kappa shape index (κ1) is 14.0. The van der Waals surface area contributed by atoms with Gasteiger partial charge in [-0.25, -0.2) is 0 Å². The van der Waals surface area contributed by atoms with Gasteiger partial charge in [-0.1, -0.05) is 31.9 Å². The van der Waals surface area contributed by atoms with Gasteiger partial charge in [0, 0.05) is 0 Å². The highest BCUT2D eigenvalue weighted by Crippen LogP contribution is 2.45. The van der Waals surface area contributed by atoms with E-state index in [1.54, 1.807) is 0 Å². The Balaban J connectivity index is 2.70. The molecule has 0 bridgehead atoms. The van der Waals surface area contributed by atoms with Crippen molar-refractivity contribution in [3.05, 3.63) is 0 Å². The molecule has 0 saturated heterocycles. The Morgan fingerprint density at radius 1 is 0.875 bits per heavy atom. The molecule has 92 valence electrons. The third-order valence-corrected chi connectivity index (χ3v) is 5.17. The molecule has 0 spiro atoms. The Hall–Kier alpha value is -0.100. The summed E-state index contributed by atoms with van der Waals surface area (Å²) in [6, 6.07) is 0. The molecular weight excluding hydrogens is 344 g/mol. The molecule has 16 heavy (non-hydrogen) atoms. The molecule has 0 heterocycles. The van der Waals surface area contributed by atoms with Crippen LogP contribution >= 0.6 is 31.9 Å². The predicted octanol–water partition coefficient (Wildman–Crippen LogP) is 2.17. The van der Waals surface area contributed by atoms with Crippen LogP contribution in [0.15, 0.2) is 0 Å². The van der Waals surface area contributed by atoms with E-state index in [1.807, 2.05) is 0 Å². The van der Waals surface area contributed by atoms with Crippen molar-refractivity contribution in [2.24, 2.45) is 0 Å². The first-order valence-corrected chi connectivity index (χ1v) is 6.51. The lowest BCUT2D eigenvalue weighted by Crippen LogP contribution is -2.45. The Morgan fingerprint density at radius 3 is 1.31 bits per heavy atom. The van der Waals surface area contributed by atoms with Gasteiger partial charge in [0.2, 0.25) is 0 Å². The van der Waals surface area contributed by atoms with Crippen molar-refractivity contribution >= 4 is 43.8 Å². The van der Waals surface area contributed by atoms with Crippen LogP contribution in [0.25, 0.3) is 0 Å². The third kappa shape index (κ3) is 2.59. The topological polar surface area (TPSA) is 52.6 Å². The lowest BCUT2D eigenvalue weighted by atomic mass is 9.81. The van der Waals surface area contributed by atoms with E-state index in [9.17, 15) is 9.59 Å². The number of rotatable bonds is 2. The number of halogens is 2. The Morgan fingerprint density at radius 2 is 1.12 bits per heavy atom. The molecule has 1 saturated carbocycles. The summed E-state index contributed by atoms with van der Waals surface area (Å²) in [6.45, 7) is 0. The fourth-order valence-corrected chi connectivity index (χ4v) is 2.93. The van der Waals surface area contributed by atoms with E-state index >= 15 is 0 Å². The van der Waals surface area contributed by atoms with Gasteiger partial charge < -0.3 is 9.47 Å². The minimum Gasteiger partial charge on any atom is -0.468 e. The molecule has 4 nitrogen and oxygen atoms in total. The van der Waals surface area contributed by atoms with E-state index in [4.69, 9.17) is 9.47 Å². The summed E-state index contributed by atoms with van der Waals surface area (Å²) in [5.74, 6) is -0.571. The van der Waals surface area contributed by atoms with Crippen molar-refractivity contribution in [2.45, 2.75) is 34.3 Å². The maximum Gasteiger partial charge on any atom is 0.322 e. The van der Waals surface area contributed by atoms with Gasteiger partial charge in [0.1, 0.15) is 8.65 Å². The first-order chi connectivity index (χ1) is 7.38. The van der Waals surface area contributed by atoms with Gasteiger partial charge in [-0.3, -0.25) is 9.59 Å². The summed E-state index contributed by atoms with van der Waals surface area (Å²) in [5, 5.41) is 0. The van der Waals surface area contributed by atoms with Gasteiger partial charge in [-0.2, -0.15) is 0 Å². The molecule has 1 aliphatic carbocycles. The largest absolute Gasteiger partial charge is 0.468 e. The van der Waals surface area contributed by atoms with Gasteiger partial charge in [-0.05, 0) is 25.7 Å². The van der Waals surface area contributed by atoms with Crippen molar-refractivity contribution in [3.63, 3.8) is 0 Å². The third-order valence-electron chi connectivity index (χ3n) is 2.94. The molecule has 0 N–H and O–H groups in total. The van der Waals surface area contributed by atoms with Crippen molar-refractivity contribution in [2.75, 3.05) is 14.2 Å². The summed E-state index contributed by atoms with van der Waals surface area (Å²) in [6.07, 6.45) is 2.17. The van der Waals surface area contributed by atoms with Gasteiger partial charge in [0.05, 0.1) is 14.2 Å². The van der Waals surface area contributed by atoms with Gasteiger partial charge >= 0.3 is 11.9 Å². The number of hydrogen-bond donors (Lipinski definition) is 0. The summed E-state index contributed by atoms with van der Waals surface area (Å²) in [7, 11) is 2.73. The van der Waals surface area contributed by atoms with E-state index in [2.05, 4.69) is 31.9 Å². The fraction of sp³-hybridized carbons (Fsp3) is 0.800. The van der Waals surface area contributed by atoms with Crippen LogP contribution in [0, 0.1) is 0 Å². The lowest BCUT2D eigenvalue weighted by Gasteiger charge is -2.36. The van der Waals surface area contributed by atoms with Crippen LogP contribution in [0.1, 0.15) is 25.7 Å². The van der Waals surface area contributed by atoms with E-state index in [0.29, 0.717) is 25.7 Å². The van der Waals surface area contributed by atoms with Crippen LogP contribution < -0.4 is 0 Å². The summed E-state index contributed by atoms with van der Waals surface area (Å²) in [5.41, 5.74) is 0. The quantitative estimate of drug-likeness (QED) is 0.561.